The van der Waals surface area contributed by atoms with Crippen molar-refractivity contribution >= 4 is 0 Å². The van der Waals surface area contributed by atoms with E-state index in [0.29, 0.717) is 17.7 Å². The topological polar surface area (TPSA) is 24.5 Å². The average molecular weight is 212 g/mol. The third-order valence-corrected chi connectivity index (χ3v) is 3.47. The van der Waals surface area contributed by atoms with E-state index in [1.54, 1.807) is 0 Å². The Bertz CT molecular complexity index is 200. The summed E-state index contributed by atoms with van der Waals surface area (Å²) in [7, 11) is 0. The van der Waals surface area contributed by atoms with Gasteiger partial charge in [0.25, 0.3) is 0 Å². The molecule has 0 amide bonds. The molecule has 0 radical (unpaired) electrons. The van der Waals surface area contributed by atoms with Gasteiger partial charge in [-0.25, -0.2) is 0 Å². The zero-order valence-electron chi connectivity index (χ0n) is 10.3. The fourth-order valence-corrected chi connectivity index (χ4v) is 2.28. The second-order valence-electron chi connectivity index (χ2n) is 5.78. The van der Waals surface area contributed by atoms with Gasteiger partial charge in [0.1, 0.15) is 0 Å². The molecular weight excluding hydrogens is 188 g/mol. The zero-order valence-corrected chi connectivity index (χ0v) is 10.3. The van der Waals surface area contributed by atoms with Crippen molar-refractivity contribution in [2.75, 3.05) is 26.2 Å². The molecule has 1 N–H and O–H groups in total. The van der Waals surface area contributed by atoms with Gasteiger partial charge in [-0.1, -0.05) is 0 Å². The van der Waals surface area contributed by atoms with Crippen LogP contribution in [0.3, 0.4) is 0 Å². The van der Waals surface area contributed by atoms with Crippen molar-refractivity contribution in [3.8, 4) is 0 Å². The van der Waals surface area contributed by atoms with E-state index < -0.39 is 0 Å². The van der Waals surface area contributed by atoms with E-state index >= 15 is 0 Å². The standard InChI is InChI=1S/C12H24N2O/c1-12(2,3)14-8-11(9-14)15-10-4-6-13-7-5-10/h10-11,13H,4-9H2,1-3H3. The Labute approximate surface area is 93.2 Å². The van der Waals surface area contributed by atoms with E-state index in [1.807, 2.05) is 0 Å². The molecule has 2 saturated heterocycles. The summed E-state index contributed by atoms with van der Waals surface area (Å²) in [5.41, 5.74) is 0.313. The Morgan fingerprint density at radius 2 is 1.67 bits per heavy atom. The molecule has 0 saturated carbocycles. The summed E-state index contributed by atoms with van der Waals surface area (Å²) in [6, 6.07) is 0. The number of rotatable bonds is 2. The molecule has 0 spiro atoms. The van der Waals surface area contributed by atoms with Crippen LogP contribution in [0.5, 0.6) is 0 Å². The minimum atomic E-state index is 0.313. The first kappa shape index (κ1) is 11.4. The van der Waals surface area contributed by atoms with Crippen LogP contribution in [0.4, 0.5) is 0 Å². The molecule has 0 aromatic carbocycles. The van der Waals surface area contributed by atoms with Gasteiger partial charge in [-0.3, -0.25) is 4.90 Å². The Balaban J connectivity index is 1.67. The van der Waals surface area contributed by atoms with Gasteiger partial charge in [0.2, 0.25) is 0 Å². The maximum Gasteiger partial charge on any atom is 0.0832 e. The van der Waals surface area contributed by atoms with Crippen LogP contribution in [0.2, 0.25) is 0 Å². The molecule has 2 fully saturated rings. The lowest BCUT2D eigenvalue weighted by Crippen LogP contribution is -2.60. The SMILES string of the molecule is CC(C)(C)N1CC(OC2CCNCC2)C1. The van der Waals surface area contributed by atoms with Crippen LogP contribution in [0.1, 0.15) is 33.6 Å². The van der Waals surface area contributed by atoms with Crippen molar-refractivity contribution < 1.29 is 4.74 Å². The molecule has 3 nitrogen and oxygen atoms in total. The number of hydrogen-bond acceptors (Lipinski definition) is 3. The number of ether oxygens (including phenoxy) is 1. The Hall–Kier alpha value is -0.120. The van der Waals surface area contributed by atoms with Crippen LogP contribution in [-0.2, 0) is 4.74 Å². The lowest BCUT2D eigenvalue weighted by atomic mass is 9.99. The van der Waals surface area contributed by atoms with Crippen molar-refractivity contribution in [3.63, 3.8) is 0 Å². The number of hydrogen-bond donors (Lipinski definition) is 1. The highest BCUT2D eigenvalue weighted by atomic mass is 16.5. The van der Waals surface area contributed by atoms with E-state index in [4.69, 9.17) is 4.74 Å². The highest BCUT2D eigenvalue weighted by molar-refractivity contribution is 4.90. The van der Waals surface area contributed by atoms with Gasteiger partial charge in [0.05, 0.1) is 12.2 Å². The van der Waals surface area contributed by atoms with Gasteiger partial charge < -0.3 is 10.1 Å². The zero-order chi connectivity index (χ0) is 10.9. The number of nitrogens with zero attached hydrogens (tertiary/aromatic N) is 1. The molecule has 15 heavy (non-hydrogen) atoms. The molecule has 0 bridgehead atoms. The first-order valence-corrected chi connectivity index (χ1v) is 6.17. The monoisotopic (exact) mass is 212 g/mol. The third kappa shape index (κ3) is 2.92. The van der Waals surface area contributed by atoms with Gasteiger partial charge in [0, 0.05) is 18.6 Å². The summed E-state index contributed by atoms with van der Waals surface area (Å²) >= 11 is 0. The summed E-state index contributed by atoms with van der Waals surface area (Å²) in [6.07, 6.45) is 3.38. The molecule has 0 aromatic rings. The predicted molar refractivity (Wildman–Crippen MR) is 62.1 cm³/mol. The van der Waals surface area contributed by atoms with E-state index in [1.165, 1.54) is 12.8 Å². The maximum absolute atomic E-state index is 6.07. The fraction of sp³-hybridized carbons (Fsp3) is 1.00. The van der Waals surface area contributed by atoms with E-state index in [-0.39, 0.29) is 0 Å². The lowest BCUT2D eigenvalue weighted by molar-refractivity contribution is -0.123. The molecule has 0 unspecified atom stereocenters. The van der Waals surface area contributed by atoms with Crippen molar-refractivity contribution in [3.05, 3.63) is 0 Å². The number of piperidine rings is 1. The van der Waals surface area contributed by atoms with Crippen LogP contribution in [0, 0.1) is 0 Å². The molecule has 0 aliphatic carbocycles. The largest absolute Gasteiger partial charge is 0.372 e. The average Bonchev–Trinajstić information content (AvgIpc) is 2.10. The lowest BCUT2D eigenvalue weighted by Gasteiger charge is -2.48. The summed E-state index contributed by atoms with van der Waals surface area (Å²) in [6.45, 7) is 11.3. The summed E-state index contributed by atoms with van der Waals surface area (Å²) < 4.78 is 6.07. The van der Waals surface area contributed by atoms with Gasteiger partial charge in [-0.15, -0.1) is 0 Å². The van der Waals surface area contributed by atoms with Gasteiger partial charge in [-0.05, 0) is 46.7 Å². The van der Waals surface area contributed by atoms with Crippen LogP contribution in [0.15, 0.2) is 0 Å². The molecule has 0 atom stereocenters. The van der Waals surface area contributed by atoms with Crippen molar-refractivity contribution in [2.45, 2.75) is 51.4 Å². The Kier molecular flexibility index (Phi) is 3.33. The summed E-state index contributed by atoms with van der Waals surface area (Å²) in [5, 5.41) is 3.37. The molecule has 3 heteroatoms. The van der Waals surface area contributed by atoms with Crippen molar-refractivity contribution in [2.24, 2.45) is 0 Å². The smallest absolute Gasteiger partial charge is 0.0832 e. The highest BCUT2D eigenvalue weighted by Crippen LogP contribution is 2.24. The van der Waals surface area contributed by atoms with Crippen LogP contribution < -0.4 is 5.32 Å². The number of nitrogens with one attached hydrogen (secondary N) is 1. The van der Waals surface area contributed by atoms with Crippen LogP contribution >= 0.6 is 0 Å². The van der Waals surface area contributed by atoms with E-state index in [0.717, 1.165) is 26.2 Å². The normalized spacial score (nSPS) is 26.6. The Morgan fingerprint density at radius 3 is 2.20 bits per heavy atom. The molecule has 2 aliphatic rings. The van der Waals surface area contributed by atoms with Gasteiger partial charge >= 0.3 is 0 Å². The predicted octanol–water partition coefficient (Wildman–Crippen LogP) is 1.24. The Morgan fingerprint density at radius 1 is 1.07 bits per heavy atom. The highest BCUT2D eigenvalue weighted by Gasteiger charge is 2.36. The fourth-order valence-electron chi connectivity index (χ4n) is 2.28. The molecule has 2 aliphatic heterocycles. The van der Waals surface area contributed by atoms with Gasteiger partial charge in [0.15, 0.2) is 0 Å². The van der Waals surface area contributed by atoms with Crippen molar-refractivity contribution in [1.82, 2.24) is 10.2 Å². The van der Waals surface area contributed by atoms with Crippen molar-refractivity contribution in [1.29, 1.82) is 0 Å². The minimum Gasteiger partial charge on any atom is -0.372 e. The third-order valence-electron chi connectivity index (χ3n) is 3.47. The second-order valence-corrected chi connectivity index (χ2v) is 5.78. The first-order chi connectivity index (χ1) is 7.05. The quantitative estimate of drug-likeness (QED) is 0.745. The summed E-state index contributed by atoms with van der Waals surface area (Å²) in [5.74, 6) is 0. The van der Waals surface area contributed by atoms with Crippen LogP contribution in [0.25, 0.3) is 0 Å². The molecule has 0 aromatic heterocycles. The summed E-state index contributed by atoms with van der Waals surface area (Å²) in [4.78, 5) is 2.48. The van der Waals surface area contributed by atoms with E-state index in [2.05, 4.69) is 31.0 Å². The molecule has 2 rings (SSSR count). The van der Waals surface area contributed by atoms with Gasteiger partial charge in [-0.2, -0.15) is 0 Å². The second kappa shape index (κ2) is 4.40. The maximum atomic E-state index is 6.07. The van der Waals surface area contributed by atoms with Crippen LogP contribution in [-0.4, -0.2) is 48.8 Å². The number of likely N-dealkylation sites (tertiary alicyclic amines) is 1. The first-order valence-electron chi connectivity index (χ1n) is 6.17. The van der Waals surface area contributed by atoms with E-state index in [9.17, 15) is 0 Å². The minimum absolute atomic E-state index is 0.313. The molecule has 88 valence electrons. The molecular formula is C12H24N2O. The molecule has 2 heterocycles.